The zero-order valence-electron chi connectivity index (χ0n) is 19.1. The number of aromatic nitrogens is 1. The van der Waals surface area contributed by atoms with Gasteiger partial charge in [-0.2, -0.15) is 0 Å². The summed E-state index contributed by atoms with van der Waals surface area (Å²) in [6.07, 6.45) is 3.38. The summed E-state index contributed by atoms with van der Waals surface area (Å²) < 4.78 is 29.0. The molecule has 1 fully saturated rings. The summed E-state index contributed by atoms with van der Waals surface area (Å²) >= 11 is 1.72. The molecule has 7 nitrogen and oxygen atoms in total. The fourth-order valence-corrected chi connectivity index (χ4v) is 7.03. The zero-order chi connectivity index (χ0) is 23.6. The van der Waals surface area contributed by atoms with Crippen molar-refractivity contribution in [3.63, 3.8) is 0 Å². The van der Waals surface area contributed by atoms with Crippen LogP contribution in [0.25, 0.3) is 22.0 Å². The number of rotatable bonds is 9. The number of ether oxygens (including phenoxy) is 1. The summed E-state index contributed by atoms with van der Waals surface area (Å²) in [7, 11) is 0.852. The molecule has 9 heteroatoms. The smallest absolute Gasteiger partial charge is 0.221 e. The standard InChI is InChI=1S/C24H31N3O4S2/c1-27(5-6-31-2)14-20-10-19(15-32-20)17-9-18(12-23(25)28)24-21(11-17)22(13-26-24)16-3-7-33(29,30)8-4-16/h9-11,13,15-16,26H,3-8,12,14H2,1-2H3,(H2,25,28). The highest BCUT2D eigenvalue weighted by Crippen LogP contribution is 2.38. The van der Waals surface area contributed by atoms with Gasteiger partial charge < -0.3 is 15.5 Å². The van der Waals surface area contributed by atoms with E-state index < -0.39 is 9.84 Å². The highest BCUT2D eigenvalue weighted by atomic mass is 32.2. The number of nitrogens with two attached hydrogens (primary N) is 1. The first-order chi connectivity index (χ1) is 15.8. The van der Waals surface area contributed by atoms with Gasteiger partial charge in [0.2, 0.25) is 5.91 Å². The molecule has 33 heavy (non-hydrogen) atoms. The van der Waals surface area contributed by atoms with Crippen LogP contribution in [-0.2, 0) is 32.3 Å². The van der Waals surface area contributed by atoms with Gasteiger partial charge in [-0.3, -0.25) is 9.69 Å². The SMILES string of the molecule is COCCN(C)Cc1cc(-c2cc(CC(N)=O)c3[nH]cc(C4CCS(=O)(=O)CC4)c3c2)cs1. The lowest BCUT2D eigenvalue weighted by Crippen LogP contribution is -2.22. The van der Waals surface area contributed by atoms with Crippen LogP contribution in [0.4, 0.5) is 0 Å². The van der Waals surface area contributed by atoms with Crippen LogP contribution < -0.4 is 5.73 Å². The van der Waals surface area contributed by atoms with Crippen molar-refractivity contribution in [2.75, 3.05) is 38.8 Å². The van der Waals surface area contributed by atoms with Gasteiger partial charge in [-0.05, 0) is 71.6 Å². The number of primary amides is 1. The fourth-order valence-electron chi connectivity index (χ4n) is 4.57. The molecule has 2 aromatic heterocycles. The summed E-state index contributed by atoms with van der Waals surface area (Å²) in [5.41, 5.74) is 10.6. The summed E-state index contributed by atoms with van der Waals surface area (Å²) in [5, 5.41) is 3.20. The van der Waals surface area contributed by atoms with Crippen LogP contribution in [-0.4, -0.2) is 63.0 Å². The number of benzene rings is 1. The molecule has 1 aliphatic heterocycles. The molecule has 0 atom stereocenters. The number of likely N-dealkylation sites (N-methyl/N-ethyl adjacent to an activating group) is 1. The van der Waals surface area contributed by atoms with Crippen molar-refractivity contribution in [3.05, 3.63) is 45.8 Å². The van der Waals surface area contributed by atoms with E-state index in [1.54, 1.807) is 18.4 Å². The highest BCUT2D eigenvalue weighted by molar-refractivity contribution is 7.91. The van der Waals surface area contributed by atoms with Crippen molar-refractivity contribution < 1.29 is 17.9 Å². The molecule has 1 aliphatic rings. The van der Waals surface area contributed by atoms with Crippen molar-refractivity contribution >= 4 is 38.0 Å². The predicted molar refractivity (Wildman–Crippen MR) is 133 cm³/mol. The normalized spacial score (nSPS) is 16.6. The first kappa shape index (κ1) is 23.9. The third-order valence-corrected chi connectivity index (χ3v) is 8.99. The van der Waals surface area contributed by atoms with E-state index in [-0.39, 0.29) is 29.8 Å². The molecular weight excluding hydrogens is 458 g/mol. The minimum Gasteiger partial charge on any atom is -0.383 e. The Kier molecular flexibility index (Phi) is 7.23. The van der Waals surface area contributed by atoms with Crippen LogP contribution in [0.3, 0.4) is 0 Å². The number of nitrogens with one attached hydrogen (secondary N) is 1. The summed E-state index contributed by atoms with van der Waals surface area (Å²) in [5.74, 6) is 0.260. The first-order valence-electron chi connectivity index (χ1n) is 11.1. The number of nitrogens with zero attached hydrogens (tertiary/aromatic N) is 1. The average Bonchev–Trinajstić information content (AvgIpc) is 3.39. The monoisotopic (exact) mass is 489 g/mol. The van der Waals surface area contributed by atoms with E-state index >= 15 is 0 Å². The number of methoxy groups -OCH3 is 1. The minimum atomic E-state index is -2.93. The van der Waals surface area contributed by atoms with Crippen molar-refractivity contribution in [2.24, 2.45) is 5.73 Å². The van der Waals surface area contributed by atoms with Crippen molar-refractivity contribution in [3.8, 4) is 11.1 Å². The Hall–Kier alpha value is -2.20. The fraction of sp³-hybridized carbons (Fsp3) is 0.458. The van der Waals surface area contributed by atoms with E-state index in [1.807, 2.05) is 12.3 Å². The Morgan fingerprint density at radius 1 is 1.24 bits per heavy atom. The lowest BCUT2D eigenvalue weighted by molar-refractivity contribution is -0.117. The van der Waals surface area contributed by atoms with E-state index in [0.29, 0.717) is 19.4 Å². The number of hydrogen-bond donors (Lipinski definition) is 2. The number of thiophene rings is 1. The summed E-state index contributed by atoms with van der Waals surface area (Å²) in [4.78, 5) is 18.6. The van der Waals surface area contributed by atoms with Gasteiger partial charge in [-0.25, -0.2) is 8.42 Å². The molecule has 0 bridgehead atoms. The lowest BCUT2D eigenvalue weighted by atomic mass is 9.91. The zero-order valence-corrected chi connectivity index (χ0v) is 20.7. The largest absolute Gasteiger partial charge is 0.383 e. The predicted octanol–water partition coefficient (Wildman–Crippen LogP) is 3.29. The number of sulfone groups is 1. The second-order valence-electron chi connectivity index (χ2n) is 8.90. The Morgan fingerprint density at radius 3 is 2.70 bits per heavy atom. The number of hydrogen-bond acceptors (Lipinski definition) is 6. The van der Waals surface area contributed by atoms with Crippen LogP contribution in [0, 0.1) is 0 Å². The molecule has 0 spiro atoms. The Morgan fingerprint density at radius 2 is 2.00 bits per heavy atom. The number of carbonyl (C=O) groups is 1. The molecule has 0 saturated carbocycles. The molecule has 178 valence electrons. The maximum absolute atomic E-state index is 11.9. The molecule has 3 N–H and O–H groups in total. The quantitative estimate of drug-likeness (QED) is 0.480. The maximum Gasteiger partial charge on any atom is 0.221 e. The Labute approximate surface area is 198 Å². The van der Waals surface area contributed by atoms with Gasteiger partial charge in [-0.1, -0.05) is 0 Å². The maximum atomic E-state index is 11.9. The van der Waals surface area contributed by atoms with Gasteiger partial charge in [0.25, 0.3) is 0 Å². The van der Waals surface area contributed by atoms with Crippen molar-refractivity contribution in [1.29, 1.82) is 0 Å². The van der Waals surface area contributed by atoms with Crippen molar-refractivity contribution in [2.45, 2.75) is 31.7 Å². The Balaban J connectivity index is 1.68. The third kappa shape index (κ3) is 5.66. The van der Waals surface area contributed by atoms with Crippen LogP contribution in [0.2, 0.25) is 0 Å². The van der Waals surface area contributed by atoms with Crippen LogP contribution in [0.15, 0.2) is 29.8 Å². The lowest BCUT2D eigenvalue weighted by Gasteiger charge is -2.21. The molecule has 1 aromatic carbocycles. The van der Waals surface area contributed by atoms with Gasteiger partial charge in [0, 0.05) is 42.2 Å². The second kappa shape index (κ2) is 9.97. The molecule has 3 heterocycles. The summed E-state index contributed by atoms with van der Waals surface area (Å²) in [6.45, 7) is 2.40. The molecule has 0 radical (unpaired) electrons. The van der Waals surface area contributed by atoms with Crippen LogP contribution in [0.1, 0.15) is 34.8 Å². The van der Waals surface area contributed by atoms with Crippen LogP contribution >= 0.6 is 11.3 Å². The molecule has 1 saturated heterocycles. The number of amides is 1. The van der Waals surface area contributed by atoms with Crippen molar-refractivity contribution in [1.82, 2.24) is 9.88 Å². The van der Waals surface area contributed by atoms with Crippen LogP contribution in [0.5, 0.6) is 0 Å². The first-order valence-corrected chi connectivity index (χ1v) is 13.8. The van der Waals surface area contributed by atoms with E-state index in [4.69, 9.17) is 10.5 Å². The third-order valence-electron chi connectivity index (χ3n) is 6.35. The molecular formula is C24H31N3O4S2. The Bertz CT molecular complexity index is 1230. The molecule has 3 aromatic rings. The molecule has 4 rings (SSSR count). The average molecular weight is 490 g/mol. The number of aromatic amines is 1. The highest BCUT2D eigenvalue weighted by Gasteiger charge is 2.27. The molecule has 1 amide bonds. The van der Waals surface area contributed by atoms with E-state index in [2.05, 4.69) is 34.4 Å². The van der Waals surface area contributed by atoms with E-state index in [9.17, 15) is 13.2 Å². The van der Waals surface area contributed by atoms with Gasteiger partial charge in [-0.15, -0.1) is 11.3 Å². The van der Waals surface area contributed by atoms with Gasteiger partial charge in [0.15, 0.2) is 0 Å². The number of fused-ring (bicyclic) bond motifs is 1. The topological polar surface area (TPSA) is 105 Å². The molecule has 0 aliphatic carbocycles. The summed E-state index contributed by atoms with van der Waals surface area (Å²) in [6, 6.07) is 6.40. The van der Waals surface area contributed by atoms with Gasteiger partial charge >= 0.3 is 0 Å². The van der Waals surface area contributed by atoms with Gasteiger partial charge in [0.1, 0.15) is 9.84 Å². The molecule has 0 unspecified atom stereocenters. The number of carbonyl (C=O) groups excluding carboxylic acids is 1. The van der Waals surface area contributed by atoms with E-state index in [1.165, 1.54) is 4.88 Å². The minimum absolute atomic E-state index is 0.153. The van der Waals surface area contributed by atoms with E-state index in [0.717, 1.165) is 46.2 Å². The van der Waals surface area contributed by atoms with Gasteiger partial charge in [0.05, 0.1) is 24.5 Å². The second-order valence-corrected chi connectivity index (χ2v) is 12.2. The number of H-pyrrole nitrogens is 1.